The molecule has 1 atom stereocenters. The summed E-state index contributed by atoms with van der Waals surface area (Å²) >= 11 is 0. The summed E-state index contributed by atoms with van der Waals surface area (Å²) in [6.07, 6.45) is -0.791. The number of piperazine rings is 1. The average Bonchev–Trinajstić information content (AvgIpc) is 2.79. The van der Waals surface area contributed by atoms with Crippen molar-refractivity contribution in [2.75, 3.05) is 26.2 Å². The number of para-hydroxylation sites is 1. The summed E-state index contributed by atoms with van der Waals surface area (Å²) in [5, 5.41) is 0. The number of nitrogens with zero attached hydrogens (tertiary/aromatic N) is 2. The molecule has 0 N–H and O–H groups in total. The molecule has 34 heavy (non-hydrogen) atoms. The van der Waals surface area contributed by atoms with Gasteiger partial charge in [0.1, 0.15) is 12.2 Å². The average molecular weight is 477 g/mol. The van der Waals surface area contributed by atoms with E-state index >= 15 is 0 Å². The Hall–Kier alpha value is -3.36. The maximum Gasteiger partial charge on any atom is 0.410 e. The molecule has 2 aromatic rings. The van der Waals surface area contributed by atoms with E-state index in [1.54, 1.807) is 20.8 Å². The van der Waals surface area contributed by atoms with Crippen molar-refractivity contribution in [1.29, 1.82) is 0 Å². The molecule has 7 nitrogen and oxygen atoms in total. The van der Waals surface area contributed by atoms with Gasteiger partial charge in [-0.3, -0.25) is 0 Å². The normalized spacial score (nSPS) is 16.2. The molecule has 184 valence electrons. The standard InChI is InChI=1S/C25H30F2N2O5/c1-25(2,3)34-24(31)29-14-13-28(23(30)33-17-18-8-5-4-6-9-18)16-19(29)12-15-32-22-20(26)10-7-11-21(22)27/h4-11,19H,12-17H2,1-3H3/t19-/m1/s1. The number of carbonyl (C=O) groups is 2. The van der Waals surface area contributed by atoms with E-state index in [-0.39, 0.29) is 39.3 Å². The van der Waals surface area contributed by atoms with Gasteiger partial charge in [-0.1, -0.05) is 36.4 Å². The van der Waals surface area contributed by atoms with Gasteiger partial charge in [-0.2, -0.15) is 0 Å². The number of carbonyl (C=O) groups excluding carboxylic acids is 2. The summed E-state index contributed by atoms with van der Waals surface area (Å²) in [6.45, 7) is 6.04. The summed E-state index contributed by atoms with van der Waals surface area (Å²) in [6, 6.07) is 12.3. The van der Waals surface area contributed by atoms with Gasteiger partial charge in [-0.25, -0.2) is 18.4 Å². The molecule has 0 radical (unpaired) electrons. The fraction of sp³-hybridized carbons (Fsp3) is 0.440. The number of amides is 2. The Balaban J connectivity index is 1.64. The lowest BCUT2D eigenvalue weighted by Gasteiger charge is -2.41. The van der Waals surface area contributed by atoms with E-state index in [2.05, 4.69) is 0 Å². The zero-order chi connectivity index (χ0) is 24.7. The van der Waals surface area contributed by atoms with Crippen LogP contribution in [0.4, 0.5) is 18.4 Å². The fourth-order valence-corrected chi connectivity index (χ4v) is 3.56. The van der Waals surface area contributed by atoms with Gasteiger partial charge >= 0.3 is 12.2 Å². The summed E-state index contributed by atoms with van der Waals surface area (Å²) in [4.78, 5) is 28.4. The maximum absolute atomic E-state index is 13.9. The SMILES string of the molecule is CC(C)(C)OC(=O)N1CCN(C(=O)OCc2ccccc2)C[C@H]1CCOc1c(F)cccc1F. The molecule has 9 heteroatoms. The lowest BCUT2D eigenvalue weighted by atomic mass is 10.1. The third-order valence-corrected chi connectivity index (χ3v) is 5.19. The molecule has 2 amide bonds. The third-order valence-electron chi connectivity index (χ3n) is 5.19. The molecule has 1 aliphatic rings. The van der Waals surface area contributed by atoms with Crippen molar-refractivity contribution >= 4 is 12.2 Å². The largest absolute Gasteiger partial charge is 0.488 e. The van der Waals surface area contributed by atoms with Gasteiger partial charge in [0.15, 0.2) is 17.4 Å². The predicted molar refractivity (Wildman–Crippen MR) is 121 cm³/mol. The van der Waals surface area contributed by atoms with E-state index in [4.69, 9.17) is 14.2 Å². The zero-order valence-corrected chi connectivity index (χ0v) is 19.6. The predicted octanol–water partition coefficient (Wildman–Crippen LogP) is 4.99. The number of rotatable bonds is 6. The second kappa shape index (κ2) is 11.2. The molecule has 0 aromatic heterocycles. The number of halogens is 2. The van der Waals surface area contributed by atoms with Gasteiger partial charge < -0.3 is 24.0 Å². The van der Waals surface area contributed by atoms with Crippen molar-refractivity contribution in [3.05, 3.63) is 65.7 Å². The first-order valence-electron chi connectivity index (χ1n) is 11.2. The number of benzene rings is 2. The minimum atomic E-state index is -0.807. The van der Waals surface area contributed by atoms with Crippen LogP contribution in [0.1, 0.15) is 32.8 Å². The van der Waals surface area contributed by atoms with Crippen LogP contribution in [0.5, 0.6) is 5.75 Å². The minimum absolute atomic E-state index is 0.0608. The lowest BCUT2D eigenvalue weighted by Crippen LogP contribution is -2.57. The van der Waals surface area contributed by atoms with Gasteiger partial charge in [0.2, 0.25) is 0 Å². The minimum Gasteiger partial charge on any atom is -0.488 e. The highest BCUT2D eigenvalue weighted by Gasteiger charge is 2.35. The van der Waals surface area contributed by atoms with Crippen LogP contribution in [-0.2, 0) is 16.1 Å². The first-order chi connectivity index (χ1) is 16.1. The molecular weight excluding hydrogens is 446 g/mol. The Morgan fingerprint density at radius 1 is 0.971 bits per heavy atom. The van der Waals surface area contributed by atoms with Crippen molar-refractivity contribution in [2.24, 2.45) is 0 Å². The Morgan fingerprint density at radius 3 is 2.29 bits per heavy atom. The van der Waals surface area contributed by atoms with E-state index in [0.29, 0.717) is 0 Å². The first-order valence-corrected chi connectivity index (χ1v) is 11.2. The van der Waals surface area contributed by atoms with Gasteiger partial charge in [-0.15, -0.1) is 0 Å². The van der Waals surface area contributed by atoms with Crippen LogP contribution < -0.4 is 4.74 Å². The molecule has 1 fully saturated rings. The van der Waals surface area contributed by atoms with Crippen molar-refractivity contribution in [3.8, 4) is 5.75 Å². The Labute approximate surface area is 198 Å². The smallest absolute Gasteiger partial charge is 0.410 e. The molecule has 3 rings (SSSR count). The highest BCUT2D eigenvalue weighted by atomic mass is 19.1. The molecule has 0 spiro atoms. The van der Waals surface area contributed by atoms with Gasteiger partial charge in [0, 0.05) is 26.1 Å². The fourth-order valence-electron chi connectivity index (χ4n) is 3.56. The molecule has 1 saturated heterocycles. The second-order valence-corrected chi connectivity index (χ2v) is 9.00. The van der Waals surface area contributed by atoms with Gasteiger partial charge in [0.05, 0.1) is 12.6 Å². The van der Waals surface area contributed by atoms with Crippen LogP contribution in [0.2, 0.25) is 0 Å². The van der Waals surface area contributed by atoms with E-state index < -0.39 is 41.2 Å². The van der Waals surface area contributed by atoms with Crippen molar-refractivity contribution in [1.82, 2.24) is 9.80 Å². The summed E-state index contributed by atoms with van der Waals surface area (Å²) in [5.41, 5.74) is 0.167. The number of hydrogen-bond donors (Lipinski definition) is 0. The van der Waals surface area contributed by atoms with Gasteiger partial charge in [-0.05, 0) is 38.5 Å². The molecule has 2 aromatic carbocycles. The molecule has 0 saturated carbocycles. The molecule has 0 aliphatic carbocycles. The summed E-state index contributed by atoms with van der Waals surface area (Å²) in [7, 11) is 0. The quantitative estimate of drug-likeness (QED) is 0.588. The molecule has 0 bridgehead atoms. The maximum atomic E-state index is 13.9. The monoisotopic (exact) mass is 476 g/mol. The Bertz CT molecular complexity index is 961. The Morgan fingerprint density at radius 2 is 1.65 bits per heavy atom. The van der Waals surface area contributed by atoms with Crippen molar-refractivity contribution in [3.63, 3.8) is 0 Å². The Kier molecular flexibility index (Phi) is 8.31. The molecule has 1 heterocycles. The van der Waals surface area contributed by atoms with E-state index in [0.717, 1.165) is 17.7 Å². The zero-order valence-electron chi connectivity index (χ0n) is 19.6. The molecule has 1 aliphatic heterocycles. The highest BCUT2D eigenvalue weighted by Crippen LogP contribution is 2.23. The second-order valence-electron chi connectivity index (χ2n) is 9.00. The third kappa shape index (κ3) is 7.07. The van der Waals surface area contributed by atoms with Crippen molar-refractivity contribution < 1.29 is 32.6 Å². The van der Waals surface area contributed by atoms with Crippen LogP contribution in [0.25, 0.3) is 0 Å². The molecule has 0 unspecified atom stereocenters. The first kappa shape index (κ1) is 25.3. The van der Waals surface area contributed by atoms with Gasteiger partial charge in [0.25, 0.3) is 0 Å². The van der Waals surface area contributed by atoms with Crippen LogP contribution in [0.3, 0.4) is 0 Å². The van der Waals surface area contributed by atoms with Crippen molar-refractivity contribution in [2.45, 2.75) is 45.4 Å². The van der Waals surface area contributed by atoms with Crippen LogP contribution >= 0.6 is 0 Å². The van der Waals surface area contributed by atoms with Crippen LogP contribution in [0, 0.1) is 11.6 Å². The molecular formula is C25H30F2N2O5. The lowest BCUT2D eigenvalue weighted by molar-refractivity contribution is -0.00627. The highest BCUT2D eigenvalue weighted by molar-refractivity contribution is 5.71. The van der Waals surface area contributed by atoms with E-state index in [1.807, 2.05) is 30.3 Å². The van der Waals surface area contributed by atoms with E-state index in [9.17, 15) is 18.4 Å². The summed E-state index contributed by atoms with van der Waals surface area (Å²) in [5.74, 6) is -2.08. The number of hydrogen-bond acceptors (Lipinski definition) is 5. The number of ether oxygens (including phenoxy) is 3. The topological polar surface area (TPSA) is 68.3 Å². The van der Waals surface area contributed by atoms with Crippen LogP contribution in [0.15, 0.2) is 48.5 Å². The van der Waals surface area contributed by atoms with E-state index in [1.165, 1.54) is 15.9 Å². The van der Waals surface area contributed by atoms with Crippen LogP contribution in [-0.4, -0.2) is 59.9 Å². The summed E-state index contributed by atoms with van der Waals surface area (Å²) < 4.78 is 44.0.